The van der Waals surface area contributed by atoms with Crippen LogP contribution in [-0.4, -0.2) is 17.2 Å². The van der Waals surface area contributed by atoms with Crippen LogP contribution in [0.4, 0.5) is 0 Å². The van der Waals surface area contributed by atoms with Crippen molar-refractivity contribution < 1.29 is 10.0 Å². The van der Waals surface area contributed by atoms with Crippen molar-refractivity contribution in [2.24, 2.45) is 5.73 Å². The van der Waals surface area contributed by atoms with E-state index in [4.69, 9.17) is 15.8 Å². The lowest BCUT2D eigenvalue weighted by atomic mass is 9.77. The maximum atomic E-state index is 8.84. The summed E-state index contributed by atoms with van der Waals surface area (Å²) in [5.41, 5.74) is 6.61. The number of hydrogen-bond donors (Lipinski definition) is 3. The highest BCUT2D eigenvalue weighted by molar-refractivity contribution is 6.59. The highest BCUT2D eigenvalue weighted by Crippen LogP contribution is 1.94. The number of hydrogen-bond acceptors (Lipinski definition) is 3. The summed E-state index contributed by atoms with van der Waals surface area (Å²) < 4.78 is 0. The number of rotatable bonds is 2. The zero-order valence-corrected chi connectivity index (χ0v) is 7.29. The van der Waals surface area contributed by atoms with Gasteiger partial charge in [0.1, 0.15) is 0 Å². The van der Waals surface area contributed by atoms with Crippen molar-refractivity contribution in [2.45, 2.75) is 6.54 Å². The largest absolute Gasteiger partial charge is 0.488 e. The molecule has 3 nitrogen and oxygen atoms in total. The molecule has 0 fully saturated rings. The molecule has 0 saturated heterocycles. The molecule has 1 aromatic carbocycles. The Morgan fingerprint density at radius 1 is 1.25 bits per heavy atom. The molecule has 0 aliphatic rings. The minimum absolute atomic E-state index is 0. The molecule has 0 aliphatic carbocycles. The van der Waals surface area contributed by atoms with Crippen molar-refractivity contribution in [2.75, 3.05) is 0 Å². The van der Waals surface area contributed by atoms with Crippen LogP contribution in [0.1, 0.15) is 5.56 Å². The first-order chi connectivity index (χ1) is 5.25. The van der Waals surface area contributed by atoms with E-state index in [0.717, 1.165) is 5.56 Å². The van der Waals surface area contributed by atoms with Crippen LogP contribution < -0.4 is 11.2 Å². The van der Waals surface area contributed by atoms with Gasteiger partial charge < -0.3 is 15.8 Å². The Labute approximate surface area is 77.8 Å². The molecule has 0 saturated carbocycles. The molecule has 5 heteroatoms. The second-order valence-corrected chi connectivity index (χ2v) is 2.28. The zero-order chi connectivity index (χ0) is 8.27. The standard InChI is InChI=1S/C7H10BNO2.ClH/c9-5-6-3-1-2-4-7(6)8(10)11;/h1-4,10-11H,5,9H2;1H. The zero-order valence-electron chi connectivity index (χ0n) is 6.47. The fraction of sp³-hybridized carbons (Fsp3) is 0.143. The predicted molar refractivity (Wildman–Crippen MR) is 51.4 cm³/mol. The van der Waals surface area contributed by atoms with Crippen molar-refractivity contribution in [1.82, 2.24) is 0 Å². The normalized spacial score (nSPS) is 8.92. The van der Waals surface area contributed by atoms with Crippen molar-refractivity contribution in [1.29, 1.82) is 0 Å². The van der Waals surface area contributed by atoms with Gasteiger partial charge in [-0.1, -0.05) is 24.3 Å². The SMILES string of the molecule is Cl.NCc1ccccc1B(O)O. The van der Waals surface area contributed by atoms with Gasteiger partial charge in [0.25, 0.3) is 0 Å². The molecule has 0 unspecified atom stereocenters. The Hall–Kier alpha value is -0.545. The van der Waals surface area contributed by atoms with Crippen LogP contribution in [0.5, 0.6) is 0 Å². The summed E-state index contributed by atoms with van der Waals surface area (Å²) in [4.78, 5) is 0. The van der Waals surface area contributed by atoms with E-state index >= 15 is 0 Å². The van der Waals surface area contributed by atoms with E-state index in [-0.39, 0.29) is 12.4 Å². The lowest BCUT2D eigenvalue weighted by Gasteiger charge is -2.04. The third-order valence-corrected chi connectivity index (χ3v) is 1.55. The summed E-state index contributed by atoms with van der Waals surface area (Å²) in [6.45, 7) is 0.327. The molecule has 1 aromatic rings. The van der Waals surface area contributed by atoms with E-state index in [1.54, 1.807) is 18.2 Å². The van der Waals surface area contributed by atoms with E-state index in [1.807, 2.05) is 6.07 Å². The fourth-order valence-corrected chi connectivity index (χ4v) is 0.972. The van der Waals surface area contributed by atoms with Gasteiger partial charge in [0.05, 0.1) is 0 Å². The van der Waals surface area contributed by atoms with Gasteiger partial charge in [-0.05, 0) is 11.0 Å². The van der Waals surface area contributed by atoms with Crippen LogP contribution in [0.15, 0.2) is 24.3 Å². The number of benzene rings is 1. The van der Waals surface area contributed by atoms with Crippen molar-refractivity contribution in [3.05, 3.63) is 29.8 Å². The third kappa shape index (κ3) is 2.50. The van der Waals surface area contributed by atoms with Crippen LogP contribution in [0, 0.1) is 0 Å². The van der Waals surface area contributed by atoms with Gasteiger partial charge in [0.15, 0.2) is 0 Å². The van der Waals surface area contributed by atoms with Gasteiger partial charge in [-0.3, -0.25) is 0 Å². The van der Waals surface area contributed by atoms with Crippen LogP contribution in [-0.2, 0) is 6.54 Å². The molecule has 0 spiro atoms. The Bertz CT molecular complexity index is 245. The second-order valence-electron chi connectivity index (χ2n) is 2.28. The van der Waals surface area contributed by atoms with Crippen LogP contribution >= 0.6 is 12.4 Å². The fourth-order valence-electron chi connectivity index (χ4n) is 0.972. The summed E-state index contributed by atoms with van der Waals surface area (Å²) in [5.74, 6) is 0. The molecule has 12 heavy (non-hydrogen) atoms. The van der Waals surface area contributed by atoms with Gasteiger partial charge in [-0.15, -0.1) is 12.4 Å². The van der Waals surface area contributed by atoms with Gasteiger partial charge >= 0.3 is 7.12 Å². The molecular formula is C7H11BClNO2. The maximum absolute atomic E-state index is 8.84. The Morgan fingerprint density at radius 2 is 1.83 bits per heavy atom. The van der Waals surface area contributed by atoms with E-state index in [0.29, 0.717) is 12.0 Å². The van der Waals surface area contributed by atoms with Crippen LogP contribution in [0.2, 0.25) is 0 Å². The Morgan fingerprint density at radius 3 is 2.25 bits per heavy atom. The average molecular weight is 187 g/mol. The molecular weight excluding hydrogens is 176 g/mol. The van der Waals surface area contributed by atoms with Crippen molar-refractivity contribution in [3.8, 4) is 0 Å². The summed E-state index contributed by atoms with van der Waals surface area (Å²) in [6.07, 6.45) is 0. The topological polar surface area (TPSA) is 66.5 Å². The number of halogens is 1. The van der Waals surface area contributed by atoms with Gasteiger partial charge in [-0.25, -0.2) is 0 Å². The monoisotopic (exact) mass is 187 g/mol. The summed E-state index contributed by atoms with van der Waals surface area (Å²) in [5, 5.41) is 17.7. The molecule has 66 valence electrons. The smallest absolute Gasteiger partial charge is 0.423 e. The number of nitrogens with two attached hydrogens (primary N) is 1. The lowest BCUT2D eigenvalue weighted by molar-refractivity contribution is 0.425. The first kappa shape index (κ1) is 11.5. The summed E-state index contributed by atoms with van der Waals surface area (Å²) >= 11 is 0. The summed E-state index contributed by atoms with van der Waals surface area (Å²) in [6, 6.07) is 6.98. The Kier molecular flexibility index (Phi) is 4.93. The van der Waals surface area contributed by atoms with E-state index < -0.39 is 7.12 Å². The van der Waals surface area contributed by atoms with Crippen LogP contribution in [0.25, 0.3) is 0 Å². The molecule has 0 bridgehead atoms. The predicted octanol–water partition coefficient (Wildman–Crippen LogP) is -0.753. The summed E-state index contributed by atoms with van der Waals surface area (Å²) in [7, 11) is -1.42. The highest BCUT2D eigenvalue weighted by Gasteiger charge is 2.13. The molecule has 0 heterocycles. The molecule has 4 N–H and O–H groups in total. The quantitative estimate of drug-likeness (QED) is 0.534. The molecule has 0 amide bonds. The van der Waals surface area contributed by atoms with Crippen molar-refractivity contribution in [3.63, 3.8) is 0 Å². The Balaban J connectivity index is 0.00000121. The van der Waals surface area contributed by atoms with Gasteiger partial charge in [0, 0.05) is 6.54 Å². The molecule has 0 aliphatic heterocycles. The van der Waals surface area contributed by atoms with Gasteiger partial charge in [0.2, 0.25) is 0 Å². The second kappa shape index (κ2) is 5.16. The van der Waals surface area contributed by atoms with E-state index in [2.05, 4.69) is 0 Å². The highest BCUT2D eigenvalue weighted by atomic mass is 35.5. The van der Waals surface area contributed by atoms with Gasteiger partial charge in [-0.2, -0.15) is 0 Å². The molecule has 0 aromatic heterocycles. The average Bonchev–Trinajstić information content (AvgIpc) is 2.04. The molecule has 0 radical (unpaired) electrons. The minimum atomic E-state index is -1.42. The van der Waals surface area contributed by atoms with Crippen LogP contribution in [0.3, 0.4) is 0 Å². The molecule has 1 rings (SSSR count). The molecule has 0 atom stereocenters. The van der Waals surface area contributed by atoms with E-state index in [9.17, 15) is 0 Å². The minimum Gasteiger partial charge on any atom is -0.423 e. The van der Waals surface area contributed by atoms with Crippen molar-refractivity contribution >= 4 is 25.0 Å². The van der Waals surface area contributed by atoms with E-state index in [1.165, 1.54) is 0 Å². The first-order valence-electron chi connectivity index (χ1n) is 3.39. The first-order valence-corrected chi connectivity index (χ1v) is 3.39. The third-order valence-electron chi connectivity index (χ3n) is 1.55. The lowest BCUT2D eigenvalue weighted by Crippen LogP contribution is -2.33. The maximum Gasteiger partial charge on any atom is 0.488 e.